The minimum atomic E-state index is -0.0121. The molecule has 0 aliphatic carbocycles. The summed E-state index contributed by atoms with van der Waals surface area (Å²) in [6, 6.07) is 0.691. The number of rotatable bonds is 6. The lowest BCUT2D eigenvalue weighted by Gasteiger charge is -2.44. The highest BCUT2D eigenvalue weighted by Crippen LogP contribution is 2.31. The smallest absolute Gasteiger partial charge is 0.107 e. The summed E-state index contributed by atoms with van der Waals surface area (Å²) in [7, 11) is 0. The molecule has 140 valence electrons. The third-order valence-electron chi connectivity index (χ3n) is 6.00. The van der Waals surface area contributed by atoms with Gasteiger partial charge in [-0.1, -0.05) is 6.92 Å². The Balaban J connectivity index is 1.40. The molecule has 3 fully saturated rings. The van der Waals surface area contributed by atoms with Crippen molar-refractivity contribution in [3.05, 3.63) is 0 Å². The van der Waals surface area contributed by atoms with Crippen LogP contribution in [0.1, 0.15) is 40.0 Å². The molecular weight excluding hydrogens is 302 g/mol. The predicted octanol–water partition coefficient (Wildman–Crippen LogP) is 1.67. The number of hydrogen-bond acceptors (Lipinski definition) is 5. The maximum Gasteiger partial charge on any atom is 0.107 e. The van der Waals surface area contributed by atoms with Crippen molar-refractivity contribution >= 4 is 0 Å². The van der Waals surface area contributed by atoms with Crippen LogP contribution in [0.3, 0.4) is 0 Å². The highest BCUT2D eigenvalue weighted by atomic mass is 16.6. The Morgan fingerprint density at radius 2 is 1.83 bits per heavy atom. The standard InChI is InChI=1S/C19H37N3O2/c1-4-18-14-21(15-19(24-18)6-13-23-16-19)8-5-7-20-9-11-22(12-10-20)17(2)3/h17-18H,4-16H2,1-3H3/t18-,19-/m0/s1. The molecule has 3 heterocycles. The van der Waals surface area contributed by atoms with Crippen LogP contribution in [0.25, 0.3) is 0 Å². The van der Waals surface area contributed by atoms with E-state index in [-0.39, 0.29) is 5.60 Å². The van der Waals surface area contributed by atoms with Crippen molar-refractivity contribution in [3.63, 3.8) is 0 Å². The van der Waals surface area contributed by atoms with Gasteiger partial charge in [-0.05, 0) is 39.8 Å². The van der Waals surface area contributed by atoms with Gasteiger partial charge < -0.3 is 14.4 Å². The molecule has 0 aromatic heterocycles. The van der Waals surface area contributed by atoms with Gasteiger partial charge in [0.2, 0.25) is 0 Å². The molecule has 3 aliphatic rings. The molecule has 3 saturated heterocycles. The van der Waals surface area contributed by atoms with Crippen LogP contribution in [0.15, 0.2) is 0 Å². The fourth-order valence-corrected chi connectivity index (χ4v) is 4.40. The van der Waals surface area contributed by atoms with Crippen molar-refractivity contribution in [2.24, 2.45) is 0 Å². The number of ether oxygens (including phenoxy) is 2. The van der Waals surface area contributed by atoms with Gasteiger partial charge in [0.15, 0.2) is 0 Å². The summed E-state index contributed by atoms with van der Waals surface area (Å²) in [5.74, 6) is 0. The lowest BCUT2D eigenvalue weighted by molar-refractivity contribution is -0.154. The molecule has 0 saturated carbocycles. The quantitative estimate of drug-likeness (QED) is 0.734. The topological polar surface area (TPSA) is 28.2 Å². The zero-order valence-corrected chi connectivity index (χ0v) is 16.0. The second-order valence-corrected chi connectivity index (χ2v) is 8.19. The second kappa shape index (κ2) is 8.45. The van der Waals surface area contributed by atoms with Crippen LogP contribution < -0.4 is 0 Å². The van der Waals surface area contributed by atoms with E-state index in [9.17, 15) is 0 Å². The second-order valence-electron chi connectivity index (χ2n) is 8.19. The molecular formula is C19H37N3O2. The van der Waals surface area contributed by atoms with Gasteiger partial charge >= 0.3 is 0 Å². The summed E-state index contributed by atoms with van der Waals surface area (Å²) in [5, 5.41) is 0. The first-order chi connectivity index (χ1) is 11.6. The van der Waals surface area contributed by atoms with Gasteiger partial charge in [-0.25, -0.2) is 0 Å². The van der Waals surface area contributed by atoms with Crippen molar-refractivity contribution < 1.29 is 9.47 Å². The van der Waals surface area contributed by atoms with Gasteiger partial charge in [0.05, 0.1) is 12.7 Å². The van der Waals surface area contributed by atoms with Crippen molar-refractivity contribution in [1.29, 1.82) is 0 Å². The summed E-state index contributed by atoms with van der Waals surface area (Å²) in [6.45, 7) is 18.0. The Hall–Kier alpha value is -0.200. The van der Waals surface area contributed by atoms with E-state index in [0.717, 1.165) is 39.1 Å². The first-order valence-corrected chi connectivity index (χ1v) is 10.0. The SMILES string of the molecule is CC[C@H]1CN(CCCN2CCN(C(C)C)CC2)C[C@]2(CCOC2)O1. The Morgan fingerprint density at radius 1 is 1.08 bits per heavy atom. The fraction of sp³-hybridized carbons (Fsp3) is 1.00. The van der Waals surface area contributed by atoms with E-state index in [4.69, 9.17) is 9.47 Å². The molecule has 3 aliphatic heterocycles. The molecule has 0 aromatic carbocycles. The maximum absolute atomic E-state index is 6.36. The summed E-state index contributed by atoms with van der Waals surface area (Å²) >= 11 is 0. The first-order valence-electron chi connectivity index (χ1n) is 10.0. The van der Waals surface area contributed by atoms with Gasteiger partial charge in [-0.2, -0.15) is 0 Å². The molecule has 5 nitrogen and oxygen atoms in total. The third kappa shape index (κ3) is 4.70. The van der Waals surface area contributed by atoms with Crippen LogP contribution in [0.2, 0.25) is 0 Å². The molecule has 0 bridgehead atoms. The maximum atomic E-state index is 6.36. The summed E-state index contributed by atoms with van der Waals surface area (Å²) < 4.78 is 12.0. The van der Waals surface area contributed by atoms with E-state index in [0.29, 0.717) is 12.1 Å². The lowest BCUT2D eigenvalue weighted by Crippen LogP contribution is -2.56. The molecule has 0 unspecified atom stereocenters. The van der Waals surface area contributed by atoms with Crippen molar-refractivity contribution in [2.75, 3.05) is 65.6 Å². The Kier molecular flexibility index (Phi) is 6.55. The predicted molar refractivity (Wildman–Crippen MR) is 97.5 cm³/mol. The summed E-state index contributed by atoms with van der Waals surface area (Å²) in [4.78, 5) is 7.87. The van der Waals surface area contributed by atoms with Crippen molar-refractivity contribution in [1.82, 2.24) is 14.7 Å². The van der Waals surface area contributed by atoms with E-state index in [1.165, 1.54) is 45.7 Å². The van der Waals surface area contributed by atoms with Crippen LogP contribution in [0.4, 0.5) is 0 Å². The molecule has 0 N–H and O–H groups in total. The highest BCUT2D eigenvalue weighted by Gasteiger charge is 2.43. The Bertz CT molecular complexity index is 377. The van der Waals surface area contributed by atoms with E-state index in [1.54, 1.807) is 0 Å². The average Bonchev–Trinajstić information content (AvgIpc) is 3.02. The minimum Gasteiger partial charge on any atom is -0.378 e. The van der Waals surface area contributed by atoms with E-state index >= 15 is 0 Å². The highest BCUT2D eigenvalue weighted by molar-refractivity contribution is 4.93. The molecule has 0 amide bonds. The number of morpholine rings is 1. The molecule has 0 radical (unpaired) electrons. The summed E-state index contributed by atoms with van der Waals surface area (Å²) in [5.41, 5.74) is -0.0121. The molecule has 0 aromatic rings. The van der Waals surface area contributed by atoms with Gasteiger partial charge in [0, 0.05) is 58.3 Å². The number of hydrogen-bond donors (Lipinski definition) is 0. The van der Waals surface area contributed by atoms with Crippen LogP contribution in [0, 0.1) is 0 Å². The molecule has 2 atom stereocenters. The van der Waals surface area contributed by atoms with Crippen molar-refractivity contribution in [2.45, 2.75) is 57.8 Å². The summed E-state index contributed by atoms with van der Waals surface area (Å²) in [6.07, 6.45) is 3.83. The molecule has 3 rings (SSSR count). The van der Waals surface area contributed by atoms with Crippen LogP contribution in [0.5, 0.6) is 0 Å². The molecule has 24 heavy (non-hydrogen) atoms. The number of piperazine rings is 1. The van der Waals surface area contributed by atoms with Gasteiger partial charge in [-0.3, -0.25) is 9.80 Å². The molecule has 5 heteroatoms. The first kappa shape index (κ1) is 18.6. The molecule has 1 spiro atoms. The van der Waals surface area contributed by atoms with E-state index in [1.807, 2.05) is 0 Å². The van der Waals surface area contributed by atoms with Crippen molar-refractivity contribution in [3.8, 4) is 0 Å². The zero-order chi connectivity index (χ0) is 17.0. The normalized spacial score (nSPS) is 33.8. The van der Waals surface area contributed by atoms with Gasteiger partial charge in [0.1, 0.15) is 5.60 Å². The fourth-order valence-electron chi connectivity index (χ4n) is 4.40. The average molecular weight is 340 g/mol. The zero-order valence-electron chi connectivity index (χ0n) is 16.0. The Morgan fingerprint density at radius 3 is 2.46 bits per heavy atom. The Labute approximate surface area is 148 Å². The van der Waals surface area contributed by atoms with Gasteiger partial charge in [0.25, 0.3) is 0 Å². The van der Waals surface area contributed by atoms with Crippen LogP contribution in [-0.2, 0) is 9.47 Å². The van der Waals surface area contributed by atoms with Crippen LogP contribution in [-0.4, -0.2) is 98.0 Å². The van der Waals surface area contributed by atoms with E-state index < -0.39 is 0 Å². The monoisotopic (exact) mass is 339 g/mol. The van der Waals surface area contributed by atoms with Gasteiger partial charge in [-0.15, -0.1) is 0 Å². The minimum absolute atomic E-state index is 0.0121. The largest absolute Gasteiger partial charge is 0.378 e. The van der Waals surface area contributed by atoms with Crippen LogP contribution >= 0.6 is 0 Å². The number of nitrogens with zero attached hydrogens (tertiary/aromatic N) is 3. The lowest BCUT2D eigenvalue weighted by atomic mass is 9.98. The third-order valence-corrected chi connectivity index (χ3v) is 6.00. The van der Waals surface area contributed by atoms with E-state index in [2.05, 4.69) is 35.5 Å².